The van der Waals surface area contributed by atoms with E-state index >= 15 is 0 Å². The maximum atomic E-state index is 9.87. The fraction of sp³-hybridized carbons (Fsp3) is 0.562. The molecule has 120 valence electrons. The average molecular weight is 297 g/mol. The summed E-state index contributed by atoms with van der Waals surface area (Å²) in [6.45, 7) is 4.80. The van der Waals surface area contributed by atoms with Crippen LogP contribution in [0.15, 0.2) is 24.3 Å². The molecule has 0 aliphatic carbocycles. The lowest BCUT2D eigenvalue weighted by Gasteiger charge is -2.12. The van der Waals surface area contributed by atoms with E-state index in [4.69, 9.17) is 15.0 Å². The predicted molar refractivity (Wildman–Crippen MR) is 83.4 cm³/mol. The lowest BCUT2D eigenvalue weighted by atomic mass is 10.1. The van der Waals surface area contributed by atoms with Gasteiger partial charge >= 0.3 is 0 Å². The third kappa shape index (κ3) is 11.9. The minimum absolute atomic E-state index is 0.230. The number of phenols is 1. The molecule has 4 N–H and O–H groups in total. The largest absolute Gasteiger partial charge is 0.508 e. The van der Waals surface area contributed by atoms with Gasteiger partial charge in [-0.15, -0.1) is 0 Å². The van der Waals surface area contributed by atoms with Gasteiger partial charge in [0.25, 0.3) is 5.97 Å². The van der Waals surface area contributed by atoms with E-state index in [1.54, 1.807) is 24.3 Å². The van der Waals surface area contributed by atoms with Gasteiger partial charge in [0.2, 0.25) is 0 Å². The minimum atomic E-state index is -0.833. The van der Waals surface area contributed by atoms with Crippen LogP contribution in [0.25, 0.3) is 0 Å². The highest BCUT2D eigenvalue weighted by molar-refractivity contribution is 5.62. The van der Waals surface area contributed by atoms with E-state index in [0.29, 0.717) is 6.54 Å². The van der Waals surface area contributed by atoms with E-state index in [1.165, 1.54) is 19.3 Å². The van der Waals surface area contributed by atoms with Crippen LogP contribution in [0.5, 0.6) is 5.75 Å². The van der Waals surface area contributed by atoms with Crippen molar-refractivity contribution in [1.29, 1.82) is 0 Å². The molecule has 0 saturated heterocycles. The van der Waals surface area contributed by atoms with E-state index in [-0.39, 0.29) is 5.75 Å². The zero-order valence-electron chi connectivity index (χ0n) is 12.9. The Bertz CT molecular complexity index is 374. The number of hydrogen-bond donors (Lipinski definition) is 4. The Morgan fingerprint density at radius 2 is 1.76 bits per heavy atom. The van der Waals surface area contributed by atoms with Gasteiger partial charge in [-0.05, 0) is 30.7 Å². The van der Waals surface area contributed by atoms with E-state index in [0.717, 1.165) is 25.5 Å². The molecule has 0 aromatic heterocycles. The Kier molecular flexibility index (Phi) is 11.3. The third-order valence-corrected chi connectivity index (χ3v) is 2.82. The minimum Gasteiger partial charge on any atom is -0.508 e. The molecule has 0 saturated carbocycles. The molecule has 0 amide bonds. The lowest BCUT2D eigenvalue weighted by Crippen LogP contribution is -2.22. The number of aromatic hydroxyl groups is 1. The Hall–Kier alpha value is -1.59. The summed E-state index contributed by atoms with van der Waals surface area (Å²) >= 11 is 0. The monoisotopic (exact) mass is 297 g/mol. The Balaban J connectivity index is 0.000000885. The molecular formula is C16H27NO4. The van der Waals surface area contributed by atoms with Gasteiger partial charge in [0, 0.05) is 13.5 Å². The summed E-state index contributed by atoms with van der Waals surface area (Å²) in [6, 6.07) is 6.69. The molecule has 1 atom stereocenters. The first-order valence-corrected chi connectivity index (χ1v) is 7.34. The first kappa shape index (κ1) is 19.4. The second-order valence-corrected chi connectivity index (χ2v) is 4.89. The zero-order chi connectivity index (χ0) is 16.1. The molecule has 0 radical (unpaired) electrons. The van der Waals surface area contributed by atoms with Gasteiger partial charge in [0.1, 0.15) is 5.75 Å². The van der Waals surface area contributed by atoms with Crippen LogP contribution in [0, 0.1) is 0 Å². The Morgan fingerprint density at radius 1 is 1.19 bits per heavy atom. The van der Waals surface area contributed by atoms with Crippen molar-refractivity contribution in [2.45, 2.75) is 45.6 Å². The first-order valence-electron chi connectivity index (χ1n) is 7.34. The standard InChI is InChI=1S/C14H23NO2.C2H4O2/c1-2-3-4-5-10-15-11-14(17)12-6-8-13(16)9-7-12;1-2(3)4/h6-9,14-17H,2-5,10-11H2,1H3;1H3,(H,3,4). The molecule has 5 nitrogen and oxygen atoms in total. The second-order valence-electron chi connectivity index (χ2n) is 4.89. The topological polar surface area (TPSA) is 89.8 Å². The maximum absolute atomic E-state index is 9.87. The number of aliphatic carboxylic acids is 1. The number of carboxylic acids is 1. The highest BCUT2D eigenvalue weighted by atomic mass is 16.4. The van der Waals surface area contributed by atoms with Crippen LogP contribution >= 0.6 is 0 Å². The number of rotatable bonds is 8. The van der Waals surface area contributed by atoms with Crippen molar-refractivity contribution in [3.8, 4) is 5.75 Å². The fourth-order valence-electron chi connectivity index (χ4n) is 1.73. The Morgan fingerprint density at radius 3 is 2.29 bits per heavy atom. The normalized spacial score (nSPS) is 11.4. The van der Waals surface area contributed by atoms with E-state index in [2.05, 4.69) is 12.2 Å². The van der Waals surface area contributed by atoms with Gasteiger partial charge in [-0.25, -0.2) is 0 Å². The van der Waals surface area contributed by atoms with Gasteiger partial charge in [0.05, 0.1) is 6.10 Å². The number of aliphatic hydroxyl groups excluding tert-OH is 1. The number of aliphatic hydroxyl groups is 1. The fourth-order valence-corrected chi connectivity index (χ4v) is 1.73. The summed E-state index contributed by atoms with van der Waals surface area (Å²) in [5, 5.41) is 29.7. The van der Waals surface area contributed by atoms with Gasteiger partial charge < -0.3 is 20.6 Å². The summed E-state index contributed by atoms with van der Waals surface area (Å²) in [5.74, 6) is -0.603. The lowest BCUT2D eigenvalue weighted by molar-refractivity contribution is -0.134. The van der Waals surface area contributed by atoms with Crippen molar-refractivity contribution in [2.24, 2.45) is 0 Å². The van der Waals surface area contributed by atoms with Crippen molar-refractivity contribution in [3.63, 3.8) is 0 Å². The SMILES string of the molecule is CC(=O)O.CCCCCCNCC(O)c1ccc(O)cc1. The molecule has 1 aromatic carbocycles. The van der Waals surface area contributed by atoms with Gasteiger partial charge in [-0.3, -0.25) is 4.79 Å². The number of phenolic OH excluding ortho intramolecular Hbond substituents is 1. The molecule has 21 heavy (non-hydrogen) atoms. The summed E-state index contributed by atoms with van der Waals surface area (Å²) in [4.78, 5) is 9.00. The number of nitrogens with one attached hydrogen (secondary N) is 1. The zero-order valence-corrected chi connectivity index (χ0v) is 12.9. The van der Waals surface area contributed by atoms with Crippen molar-refractivity contribution in [1.82, 2.24) is 5.32 Å². The maximum Gasteiger partial charge on any atom is 0.300 e. The summed E-state index contributed by atoms with van der Waals surface area (Å²) < 4.78 is 0. The number of benzene rings is 1. The van der Waals surface area contributed by atoms with Crippen molar-refractivity contribution in [3.05, 3.63) is 29.8 Å². The third-order valence-electron chi connectivity index (χ3n) is 2.82. The van der Waals surface area contributed by atoms with E-state index in [9.17, 15) is 5.11 Å². The highest BCUT2D eigenvalue weighted by Gasteiger charge is 2.06. The second kappa shape index (κ2) is 12.2. The molecule has 1 unspecified atom stereocenters. The number of carboxylic acid groups (broad SMARTS) is 1. The smallest absolute Gasteiger partial charge is 0.300 e. The van der Waals surface area contributed by atoms with E-state index in [1.807, 2.05) is 0 Å². The molecule has 0 spiro atoms. The molecule has 0 fully saturated rings. The molecule has 5 heteroatoms. The van der Waals surface area contributed by atoms with Crippen LogP contribution in [0.2, 0.25) is 0 Å². The molecule has 0 aliphatic heterocycles. The van der Waals surface area contributed by atoms with Crippen LogP contribution in [0.1, 0.15) is 51.2 Å². The van der Waals surface area contributed by atoms with E-state index < -0.39 is 12.1 Å². The number of hydrogen-bond acceptors (Lipinski definition) is 4. The quantitative estimate of drug-likeness (QED) is 0.554. The number of carbonyl (C=O) groups is 1. The molecule has 0 aliphatic rings. The van der Waals surface area contributed by atoms with Gasteiger partial charge in [0.15, 0.2) is 0 Å². The Labute approximate surface area is 126 Å². The predicted octanol–water partition coefficient (Wildman–Crippen LogP) is 2.69. The summed E-state index contributed by atoms with van der Waals surface area (Å²) in [7, 11) is 0. The average Bonchev–Trinajstić information content (AvgIpc) is 2.42. The summed E-state index contributed by atoms with van der Waals surface area (Å²) in [5.41, 5.74) is 0.837. The highest BCUT2D eigenvalue weighted by Crippen LogP contribution is 2.15. The van der Waals surface area contributed by atoms with Crippen LogP contribution in [-0.4, -0.2) is 34.4 Å². The molecule has 0 heterocycles. The van der Waals surface area contributed by atoms with Crippen molar-refractivity contribution in [2.75, 3.05) is 13.1 Å². The molecular weight excluding hydrogens is 270 g/mol. The van der Waals surface area contributed by atoms with Crippen molar-refractivity contribution >= 4 is 5.97 Å². The molecule has 1 rings (SSSR count). The number of unbranched alkanes of at least 4 members (excludes halogenated alkanes) is 3. The van der Waals surface area contributed by atoms with Gasteiger partial charge in [-0.2, -0.15) is 0 Å². The first-order chi connectivity index (χ1) is 9.97. The molecule has 1 aromatic rings. The summed E-state index contributed by atoms with van der Waals surface area (Å²) in [6.07, 6.45) is 4.44. The van der Waals surface area contributed by atoms with Crippen molar-refractivity contribution < 1.29 is 20.1 Å². The van der Waals surface area contributed by atoms with Crippen LogP contribution < -0.4 is 5.32 Å². The molecule has 0 bridgehead atoms. The van der Waals surface area contributed by atoms with Crippen LogP contribution in [0.4, 0.5) is 0 Å². The van der Waals surface area contributed by atoms with Crippen LogP contribution in [-0.2, 0) is 4.79 Å². The van der Waals surface area contributed by atoms with Gasteiger partial charge in [-0.1, -0.05) is 38.3 Å². The van der Waals surface area contributed by atoms with Crippen LogP contribution in [0.3, 0.4) is 0 Å².